The summed E-state index contributed by atoms with van der Waals surface area (Å²) in [5.41, 5.74) is 1.12. The lowest BCUT2D eigenvalue weighted by atomic mass is 9.86. The van der Waals surface area contributed by atoms with Crippen LogP contribution in [0.5, 0.6) is 0 Å². The Kier molecular flexibility index (Phi) is 8.61. The van der Waals surface area contributed by atoms with Gasteiger partial charge in [-0.1, -0.05) is 18.2 Å². The molecule has 4 rings (SSSR count). The number of alkyl carbamates (subject to hydrolysis) is 1. The summed E-state index contributed by atoms with van der Waals surface area (Å²) in [5, 5.41) is 5.53. The van der Waals surface area contributed by atoms with Crippen LogP contribution in [0.3, 0.4) is 0 Å². The Morgan fingerprint density at radius 3 is 2.42 bits per heavy atom. The smallest absolute Gasteiger partial charge is 0.407 e. The van der Waals surface area contributed by atoms with E-state index in [-0.39, 0.29) is 69.2 Å². The van der Waals surface area contributed by atoms with Gasteiger partial charge in [-0.05, 0) is 76.5 Å². The Hall–Kier alpha value is -2.60. The number of rotatable bonds is 7. The van der Waals surface area contributed by atoms with Gasteiger partial charge in [0.05, 0.1) is 5.75 Å². The van der Waals surface area contributed by atoms with Crippen LogP contribution in [-0.4, -0.2) is 66.5 Å². The summed E-state index contributed by atoms with van der Waals surface area (Å²) in [7, 11) is -3.56. The molecule has 2 aliphatic heterocycles. The van der Waals surface area contributed by atoms with Crippen molar-refractivity contribution in [3.8, 4) is 0 Å². The average molecular weight is 583 g/mol. The topological polar surface area (TPSA) is 117 Å². The first-order valence-corrected chi connectivity index (χ1v) is 15.5. The van der Waals surface area contributed by atoms with E-state index < -0.39 is 33.2 Å². The normalized spacial score (nSPS) is 21.6. The molecule has 1 aromatic rings. The van der Waals surface area contributed by atoms with E-state index in [0.717, 1.165) is 16.7 Å². The number of piperidine rings is 1. The molecule has 2 heterocycles. The molecule has 0 atom stereocenters. The Morgan fingerprint density at radius 1 is 1.18 bits per heavy atom. The first-order chi connectivity index (χ1) is 18.6. The molecule has 2 fully saturated rings. The van der Waals surface area contributed by atoms with Crippen LogP contribution in [0, 0.1) is 12.8 Å². The highest BCUT2D eigenvalue weighted by Gasteiger charge is 2.49. The number of hydrogen-bond acceptors (Lipinski definition) is 6. The second-order valence-corrected chi connectivity index (χ2v) is 14.3. The third kappa shape index (κ3) is 7.37. The van der Waals surface area contributed by atoms with Crippen molar-refractivity contribution in [3.05, 3.63) is 34.9 Å². The number of nitrogens with one attached hydrogen (secondary N) is 2. The van der Waals surface area contributed by atoms with Crippen LogP contribution in [0.1, 0.15) is 76.0 Å². The summed E-state index contributed by atoms with van der Waals surface area (Å²) in [6, 6.07) is 5.66. The number of aliphatic imine (C=N–C) groups is 1. The highest BCUT2D eigenvalue weighted by molar-refractivity contribution is 7.89. The van der Waals surface area contributed by atoms with Gasteiger partial charge in [0.25, 0.3) is 5.91 Å². The quantitative estimate of drug-likeness (QED) is 0.503. The van der Waals surface area contributed by atoms with E-state index in [1.807, 2.05) is 25.1 Å². The maximum absolute atomic E-state index is 13.6. The first-order valence-electron chi connectivity index (χ1n) is 13.9. The average Bonchev–Trinajstić information content (AvgIpc) is 3.16. The van der Waals surface area contributed by atoms with Crippen LogP contribution >= 0.6 is 0 Å². The Balaban J connectivity index is 1.29. The van der Waals surface area contributed by atoms with Gasteiger partial charge in [0.1, 0.15) is 17.0 Å². The molecule has 1 spiro atoms. The number of carbonyl (C=O) groups excluding carboxylic acids is 2. The summed E-state index contributed by atoms with van der Waals surface area (Å²) in [6.45, 7) is 7.96. The molecule has 1 saturated heterocycles. The molecule has 3 aliphatic rings. The number of ether oxygens (including phenoxy) is 1. The van der Waals surface area contributed by atoms with E-state index in [1.165, 1.54) is 4.31 Å². The number of alkyl halides is 2. The van der Waals surface area contributed by atoms with Gasteiger partial charge in [0, 0.05) is 38.4 Å². The number of sulfonamides is 1. The maximum atomic E-state index is 13.6. The van der Waals surface area contributed by atoms with Crippen LogP contribution in [0.25, 0.3) is 0 Å². The number of hydrogen-bond donors (Lipinski definition) is 2. The summed E-state index contributed by atoms with van der Waals surface area (Å²) < 4.78 is 60.1. The summed E-state index contributed by atoms with van der Waals surface area (Å²) in [6.07, 6.45) is 0.510. The van der Waals surface area contributed by atoms with Crippen molar-refractivity contribution in [3.63, 3.8) is 0 Å². The highest BCUT2D eigenvalue weighted by Crippen LogP contribution is 2.39. The lowest BCUT2D eigenvalue weighted by Gasteiger charge is -2.34. The number of amides is 2. The second kappa shape index (κ2) is 11.3. The van der Waals surface area contributed by atoms with Crippen molar-refractivity contribution < 1.29 is 31.5 Å². The van der Waals surface area contributed by atoms with Crippen molar-refractivity contribution >= 4 is 27.9 Å². The van der Waals surface area contributed by atoms with Gasteiger partial charge in [-0.25, -0.2) is 26.3 Å². The minimum absolute atomic E-state index is 0.0622. The Morgan fingerprint density at radius 2 is 1.82 bits per heavy atom. The lowest BCUT2D eigenvalue weighted by molar-refractivity contribution is -0.125. The molecule has 1 aliphatic carbocycles. The Labute approximate surface area is 235 Å². The Bertz CT molecular complexity index is 1260. The second-order valence-electron chi connectivity index (χ2n) is 12.2. The molecule has 1 saturated carbocycles. The van der Waals surface area contributed by atoms with E-state index >= 15 is 0 Å². The van der Waals surface area contributed by atoms with Gasteiger partial charge in [-0.3, -0.25) is 9.79 Å². The molecule has 0 aromatic heterocycles. The molecular formula is C28H40F2N4O5S. The summed E-state index contributed by atoms with van der Waals surface area (Å²) in [5.74, 6) is -2.68. The van der Waals surface area contributed by atoms with Crippen LogP contribution in [0.15, 0.2) is 23.2 Å². The molecule has 0 unspecified atom stereocenters. The zero-order valence-corrected chi connectivity index (χ0v) is 24.5. The molecule has 1 aromatic carbocycles. The van der Waals surface area contributed by atoms with Gasteiger partial charge >= 0.3 is 6.09 Å². The first kappa shape index (κ1) is 30.4. The zero-order valence-electron chi connectivity index (χ0n) is 23.7. The van der Waals surface area contributed by atoms with Crippen molar-refractivity contribution in [2.45, 2.75) is 96.2 Å². The molecule has 9 nitrogen and oxygen atoms in total. The molecule has 0 bridgehead atoms. The van der Waals surface area contributed by atoms with Crippen molar-refractivity contribution in [1.82, 2.24) is 14.9 Å². The van der Waals surface area contributed by atoms with Crippen LogP contribution in [0.2, 0.25) is 0 Å². The van der Waals surface area contributed by atoms with Crippen LogP contribution in [-0.2, 0) is 32.5 Å². The van der Waals surface area contributed by atoms with E-state index in [2.05, 4.69) is 15.6 Å². The van der Waals surface area contributed by atoms with E-state index in [9.17, 15) is 26.8 Å². The molecule has 222 valence electrons. The van der Waals surface area contributed by atoms with Gasteiger partial charge in [-0.2, -0.15) is 0 Å². The highest BCUT2D eigenvalue weighted by atomic mass is 32.2. The minimum atomic E-state index is -3.56. The molecule has 0 radical (unpaired) electrons. The zero-order chi connectivity index (χ0) is 29.3. The fourth-order valence-electron chi connectivity index (χ4n) is 5.53. The number of benzene rings is 1. The summed E-state index contributed by atoms with van der Waals surface area (Å²) >= 11 is 0. The fourth-order valence-corrected chi connectivity index (χ4v) is 7.00. The number of carbonyl (C=O) groups is 2. The van der Waals surface area contributed by atoms with Gasteiger partial charge in [0.2, 0.25) is 15.9 Å². The third-order valence-electron chi connectivity index (χ3n) is 7.92. The summed E-state index contributed by atoms with van der Waals surface area (Å²) in [4.78, 5) is 29.4. The van der Waals surface area contributed by atoms with Gasteiger partial charge in [-0.15, -0.1) is 0 Å². The third-order valence-corrected chi connectivity index (χ3v) is 9.79. The van der Waals surface area contributed by atoms with Crippen molar-refractivity contribution in [2.24, 2.45) is 10.9 Å². The lowest BCUT2D eigenvalue weighted by Crippen LogP contribution is -2.51. The predicted molar refractivity (Wildman–Crippen MR) is 148 cm³/mol. The largest absolute Gasteiger partial charge is 0.444 e. The maximum Gasteiger partial charge on any atom is 0.407 e. The van der Waals surface area contributed by atoms with Crippen molar-refractivity contribution in [2.75, 3.05) is 18.8 Å². The van der Waals surface area contributed by atoms with Gasteiger partial charge in [0.15, 0.2) is 0 Å². The van der Waals surface area contributed by atoms with Gasteiger partial charge < -0.3 is 15.4 Å². The van der Waals surface area contributed by atoms with E-state index in [4.69, 9.17) is 4.74 Å². The molecule has 12 heteroatoms. The number of halogens is 2. The van der Waals surface area contributed by atoms with Crippen LogP contribution in [0.4, 0.5) is 13.6 Å². The number of amidine groups is 1. The molecule has 2 N–H and O–H groups in total. The van der Waals surface area contributed by atoms with E-state index in [1.54, 1.807) is 20.8 Å². The molecular weight excluding hydrogens is 542 g/mol. The standard InChI is InChI=1S/C28H40F2N4O5S/c1-19-17-20(18-31-25(36)39-26(2,3)4)5-6-21(19)9-16-40(37,38)34-14-12-27(13-15-34)24(35)32-23(33-27)22-7-10-28(29,30)11-8-22/h5-6,17,22H,7-16,18H2,1-4H3,(H,31,36)(H,32,33,35). The SMILES string of the molecule is Cc1cc(CNC(=O)OC(C)(C)C)ccc1CCS(=O)(=O)N1CCC2(CC1)N=C(C1CCC(F)(F)CC1)NC2=O. The minimum Gasteiger partial charge on any atom is -0.444 e. The fraction of sp³-hybridized carbons (Fsp3) is 0.679. The molecule has 2 amide bonds. The molecule has 40 heavy (non-hydrogen) atoms. The van der Waals surface area contributed by atoms with E-state index in [0.29, 0.717) is 18.8 Å². The monoisotopic (exact) mass is 582 g/mol. The van der Waals surface area contributed by atoms with Crippen LogP contribution < -0.4 is 10.6 Å². The number of aryl methyl sites for hydroxylation is 2. The predicted octanol–water partition coefficient (Wildman–Crippen LogP) is 4.08. The van der Waals surface area contributed by atoms with Crippen molar-refractivity contribution in [1.29, 1.82) is 0 Å². The number of nitrogens with zero attached hydrogens (tertiary/aromatic N) is 2.